The van der Waals surface area contributed by atoms with E-state index in [1.54, 1.807) is 6.20 Å². The SMILES string of the molecule is CCCN(Cc1ccc(C)cc1)Cn1nc(-c2cccnc2)n(C2CC2)c1=S. The fraction of sp³-hybridized carbons (Fsp3) is 0.409. The molecule has 0 bridgehead atoms. The van der Waals surface area contributed by atoms with Crippen LogP contribution in [0.25, 0.3) is 11.4 Å². The molecule has 0 atom stereocenters. The molecule has 1 fully saturated rings. The highest BCUT2D eigenvalue weighted by Crippen LogP contribution is 2.38. The summed E-state index contributed by atoms with van der Waals surface area (Å²) in [5.41, 5.74) is 3.64. The maximum Gasteiger partial charge on any atom is 0.199 e. The topological polar surface area (TPSA) is 38.9 Å². The van der Waals surface area contributed by atoms with Gasteiger partial charge in [-0.15, -0.1) is 0 Å². The second-order valence-corrected chi connectivity index (χ2v) is 7.99. The van der Waals surface area contributed by atoms with Gasteiger partial charge >= 0.3 is 0 Å². The van der Waals surface area contributed by atoms with E-state index in [0.29, 0.717) is 12.7 Å². The number of hydrogen-bond donors (Lipinski definition) is 0. The summed E-state index contributed by atoms with van der Waals surface area (Å²) in [6, 6.07) is 13.3. The minimum Gasteiger partial charge on any atom is -0.297 e. The van der Waals surface area contributed by atoms with E-state index in [4.69, 9.17) is 17.3 Å². The van der Waals surface area contributed by atoms with Crippen LogP contribution in [-0.4, -0.2) is 30.8 Å². The van der Waals surface area contributed by atoms with Gasteiger partial charge in [-0.05, 0) is 62.6 Å². The number of hydrogen-bond acceptors (Lipinski definition) is 4. The number of nitrogens with zero attached hydrogens (tertiary/aromatic N) is 5. The lowest BCUT2D eigenvalue weighted by Gasteiger charge is -2.21. The normalized spacial score (nSPS) is 14.0. The molecule has 0 amide bonds. The summed E-state index contributed by atoms with van der Waals surface area (Å²) < 4.78 is 5.02. The molecule has 0 N–H and O–H groups in total. The van der Waals surface area contributed by atoms with Crippen molar-refractivity contribution in [3.05, 3.63) is 64.7 Å². The molecule has 0 radical (unpaired) electrons. The molecule has 28 heavy (non-hydrogen) atoms. The molecule has 1 aromatic carbocycles. The van der Waals surface area contributed by atoms with Crippen LogP contribution in [0.5, 0.6) is 0 Å². The Balaban J connectivity index is 1.62. The Morgan fingerprint density at radius 2 is 1.96 bits per heavy atom. The first-order valence-electron chi connectivity index (χ1n) is 10.0. The van der Waals surface area contributed by atoms with E-state index in [1.165, 1.54) is 24.0 Å². The van der Waals surface area contributed by atoms with Crippen LogP contribution in [0, 0.1) is 11.7 Å². The Morgan fingerprint density at radius 1 is 1.18 bits per heavy atom. The maximum absolute atomic E-state index is 5.83. The van der Waals surface area contributed by atoms with Gasteiger partial charge in [-0.1, -0.05) is 36.8 Å². The molecule has 146 valence electrons. The van der Waals surface area contributed by atoms with Crippen LogP contribution >= 0.6 is 12.2 Å². The van der Waals surface area contributed by atoms with Gasteiger partial charge in [0.15, 0.2) is 10.6 Å². The number of pyridine rings is 1. The zero-order chi connectivity index (χ0) is 19.5. The van der Waals surface area contributed by atoms with E-state index in [0.717, 1.165) is 35.7 Å². The fourth-order valence-corrected chi connectivity index (χ4v) is 3.86. The molecule has 4 rings (SSSR count). The van der Waals surface area contributed by atoms with E-state index >= 15 is 0 Å². The van der Waals surface area contributed by atoms with Gasteiger partial charge < -0.3 is 0 Å². The van der Waals surface area contributed by atoms with Crippen LogP contribution in [0.3, 0.4) is 0 Å². The molecule has 5 nitrogen and oxygen atoms in total. The highest BCUT2D eigenvalue weighted by Gasteiger charge is 2.29. The van der Waals surface area contributed by atoms with Crippen molar-refractivity contribution in [1.29, 1.82) is 0 Å². The maximum atomic E-state index is 5.83. The molecule has 0 aliphatic heterocycles. The minimum absolute atomic E-state index is 0.480. The Morgan fingerprint density at radius 3 is 2.61 bits per heavy atom. The van der Waals surface area contributed by atoms with Gasteiger partial charge in [-0.25, -0.2) is 4.68 Å². The summed E-state index contributed by atoms with van der Waals surface area (Å²) in [5, 5.41) is 4.91. The van der Waals surface area contributed by atoms with Crippen molar-refractivity contribution in [2.24, 2.45) is 0 Å². The van der Waals surface area contributed by atoms with Gasteiger partial charge in [0.2, 0.25) is 0 Å². The third-order valence-corrected chi connectivity index (χ3v) is 5.51. The second-order valence-electron chi connectivity index (χ2n) is 7.63. The van der Waals surface area contributed by atoms with Crippen LogP contribution in [0.1, 0.15) is 43.4 Å². The molecule has 0 unspecified atom stereocenters. The Kier molecular flexibility index (Phi) is 5.69. The van der Waals surface area contributed by atoms with Crippen molar-refractivity contribution >= 4 is 12.2 Å². The average Bonchev–Trinajstić information content (AvgIpc) is 3.49. The van der Waals surface area contributed by atoms with Crippen molar-refractivity contribution in [2.45, 2.75) is 52.4 Å². The van der Waals surface area contributed by atoms with Crippen molar-refractivity contribution in [1.82, 2.24) is 24.2 Å². The lowest BCUT2D eigenvalue weighted by atomic mass is 10.1. The zero-order valence-corrected chi connectivity index (χ0v) is 17.4. The number of aryl methyl sites for hydroxylation is 1. The van der Waals surface area contributed by atoms with Crippen LogP contribution < -0.4 is 0 Å². The lowest BCUT2D eigenvalue weighted by Crippen LogP contribution is -2.27. The average molecular weight is 394 g/mol. The van der Waals surface area contributed by atoms with E-state index < -0.39 is 0 Å². The van der Waals surface area contributed by atoms with Crippen molar-refractivity contribution < 1.29 is 0 Å². The van der Waals surface area contributed by atoms with E-state index in [2.05, 4.69) is 58.6 Å². The van der Waals surface area contributed by atoms with Gasteiger partial charge in [0.05, 0.1) is 6.67 Å². The summed E-state index contributed by atoms with van der Waals surface area (Å²) in [6.45, 7) is 6.94. The molecule has 6 heteroatoms. The van der Waals surface area contributed by atoms with Crippen LogP contribution in [0.4, 0.5) is 0 Å². The highest BCUT2D eigenvalue weighted by molar-refractivity contribution is 7.71. The van der Waals surface area contributed by atoms with Gasteiger partial charge in [-0.2, -0.15) is 5.10 Å². The second kappa shape index (κ2) is 8.37. The standard InChI is InChI=1S/C22H27N5S/c1-3-13-25(15-18-8-6-17(2)7-9-18)16-26-22(28)27(20-10-11-20)21(24-26)19-5-4-12-23-14-19/h4-9,12,14,20H,3,10-11,13,15-16H2,1-2H3. The molecule has 3 aromatic rings. The quantitative estimate of drug-likeness (QED) is 0.506. The van der Waals surface area contributed by atoms with Gasteiger partial charge in [0.1, 0.15) is 0 Å². The van der Waals surface area contributed by atoms with Crippen LogP contribution in [0.15, 0.2) is 48.8 Å². The molecular formula is C22H27N5S. The van der Waals surface area contributed by atoms with Gasteiger partial charge in [-0.3, -0.25) is 14.5 Å². The van der Waals surface area contributed by atoms with E-state index in [1.807, 2.05) is 16.9 Å². The monoisotopic (exact) mass is 393 g/mol. The van der Waals surface area contributed by atoms with Crippen LogP contribution in [-0.2, 0) is 13.2 Å². The first-order valence-corrected chi connectivity index (χ1v) is 10.4. The predicted molar refractivity (Wildman–Crippen MR) is 114 cm³/mol. The van der Waals surface area contributed by atoms with Crippen LogP contribution in [0.2, 0.25) is 0 Å². The summed E-state index contributed by atoms with van der Waals surface area (Å²) in [7, 11) is 0. The minimum atomic E-state index is 0.480. The van der Waals surface area contributed by atoms with Gasteiger partial charge in [0, 0.05) is 30.5 Å². The molecule has 2 heterocycles. The summed E-state index contributed by atoms with van der Waals surface area (Å²) in [4.78, 5) is 6.68. The Bertz CT molecular complexity index is 970. The third kappa shape index (κ3) is 4.23. The van der Waals surface area contributed by atoms with Crippen molar-refractivity contribution in [3.8, 4) is 11.4 Å². The molecular weight excluding hydrogens is 366 g/mol. The molecule has 1 aliphatic carbocycles. The Labute approximate surface area is 171 Å². The highest BCUT2D eigenvalue weighted by atomic mass is 32.1. The van der Waals surface area contributed by atoms with Crippen molar-refractivity contribution in [2.75, 3.05) is 6.54 Å². The first kappa shape index (κ1) is 19.0. The predicted octanol–water partition coefficient (Wildman–Crippen LogP) is 4.99. The van der Waals surface area contributed by atoms with E-state index in [9.17, 15) is 0 Å². The van der Waals surface area contributed by atoms with Crippen molar-refractivity contribution in [3.63, 3.8) is 0 Å². The van der Waals surface area contributed by atoms with E-state index in [-0.39, 0.29) is 0 Å². The molecule has 1 aliphatic rings. The summed E-state index contributed by atoms with van der Waals surface area (Å²) >= 11 is 5.83. The number of benzene rings is 1. The smallest absolute Gasteiger partial charge is 0.199 e. The first-order chi connectivity index (χ1) is 13.7. The molecule has 0 saturated heterocycles. The largest absolute Gasteiger partial charge is 0.297 e. The zero-order valence-electron chi connectivity index (χ0n) is 16.6. The number of aromatic nitrogens is 4. The fourth-order valence-electron chi connectivity index (χ4n) is 3.52. The summed E-state index contributed by atoms with van der Waals surface area (Å²) in [5.74, 6) is 0.937. The third-order valence-electron chi connectivity index (χ3n) is 5.10. The Hall–Kier alpha value is -2.31. The summed E-state index contributed by atoms with van der Waals surface area (Å²) in [6.07, 6.45) is 7.11. The molecule has 0 spiro atoms. The lowest BCUT2D eigenvalue weighted by molar-refractivity contribution is 0.197. The van der Waals surface area contributed by atoms with Gasteiger partial charge in [0.25, 0.3) is 0 Å². The number of rotatable bonds is 8. The molecule has 2 aromatic heterocycles. The molecule has 1 saturated carbocycles.